The van der Waals surface area contributed by atoms with E-state index in [0.29, 0.717) is 11.3 Å². The van der Waals surface area contributed by atoms with Crippen molar-refractivity contribution < 1.29 is 14.6 Å². The number of aromatic nitrogens is 2. The molecule has 0 bridgehead atoms. The van der Waals surface area contributed by atoms with E-state index in [1.54, 1.807) is 19.1 Å². The largest absolute Gasteiger partial charge is 0.494 e. The highest BCUT2D eigenvalue weighted by atomic mass is 16.5. The van der Waals surface area contributed by atoms with Crippen LogP contribution in [0.25, 0.3) is 0 Å². The van der Waals surface area contributed by atoms with Crippen LogP contribution in [0.2, 0.25) is 0 Å². The molecule has 0 spiro atoms. The Morgan fingerprint density at radius 1 is 1.27 bits per heavy atom. The normalized spacial score (nSPS) is 10.8. The fraction of sp³-hybridized carbons (Fsp3) is 0.143. The van der Waals surface area contributed by atoms with Gasteiger partial charge in [-0.15, -0.1) is 0 Å². The van der Waals surface area contributed by atoms with Crippen LogP contribution in [0, 0.1) is 0 Å². The summed E-state index contributed by atoms with van der Waals surface area (Å²) in [5, 5.41) is 9.50. The lowest BCUT2D eigenvalue weighted by molar-refractivity contribution is 0.0526. The number of nitrogens with zero attached hydrogens (tertiary/aromatic N) is 1. The lowest BCUT2D eigenvalue weighted by atomic mass is 10.2. The highest BCUT2D eigenvalue weighted by molar-refractivity contribution is 5.90. The molecule has 0 unspecified atom stereocenters. The fourth-order valence-corrected chi connectivity index (χ4v) is 1.64. The molecule has 0 saturated heterocycles. The lowest BCUT2D eigenvalue weighted by Crippen LogP contribution is -2.24. The summed E-state index contributed by atoms with van der Waals surface area (Å²) in [5.74, 6) is -1.01. The Morgan fingerprint density at radius 2 is 1.95 bits per heavy atom. The molecule has 8 heteroatoms. The Bertz CT molecular complexity index is 818. The Balaban J connectivity index is 2.23. The monoisotopic (exact) mass is 303 g/mol. The Hall–Kier alpha value is -3.16. The Kier molecular flexibility index (Phi) is 4.52. The first-order chi connectivity index (χ1) is 10.5. The molecule has 1 aromatic carbocycles. The van der Waals surface area contributed by atoms with E-state index in [-0.39, 0.29) is 12.2 Å². The van der Waals surface area contributed by atoms with E-state index < -0.39 is 23.1 Å². The zero-order valence-corrected chi connectivity index (χ0v) is 11.6. The molecular formula is C14H13N3O5. The molecular weight excluding hydrogens is 290 g/mol. The van der Waals surface area contributed by atoms with Crippen molar-refractivity contribution in [3.05, 3.63) is 56.2 Å². The number of benzene rings is 1. The van der Waals surface area contributed by atoms with Crippen LogP contribution in [0.1, 0.15) is 22.8 Å². The summed E-state index contributed by atoms with van der Waals surface area (Å²) in [6.07, 6.45) is 1.11. The lowest BCUT2D eigenvalue weighted by Gasteiger charge is -2.01. The van der Waals surface area contributed by atoms with Crippen LogP contribution in [-0.2, 0) is 4.74 Å². The number of carbonyl (C=O) groups excluding carboxylic acids is 1. The van der Waals surface area contributed by atoms with E-state index in [2.05, 4.69) is 4.99 Å². The molecule has 0 radical (unpaired) electrons. The smallest absolute Gasteiger partial charge is 0.338 e. The predicted octanol–water partition coefficient (Wildman–Crippen LogP) is 0.696. The van der Waals surface area contributed by atoms with E-state index in [0.717, 1.165) is 6.21 Å². The Labute approximate surface area is 124 Å². The summed E-state index contributed by atoms with van der Waals surface area (Å²) in [7, 11) is 0. The summed E-state index contributed by atoms with van der Waals surface area (Å²) in [5.41, 5.74) is -0.899. The van der Waals surface area contributed by atoms with Crippen LogP contribution in [0.4, 0.5) is 5.69 Å². The van der Waals surface area contributed by atoms with Gasteiger partial charge in [0, 0.05) is 6.21 Å². The molecule has 1 heterocycles. The third kappa shape index (κ3) is 3.48. The number of ether oxygens (including phenoxy) is 1. The van der Waals surface area contributed by atoms with Gasteiger partial charge in [0.25, 0.3) is 5.56 Å². The zero-order valence-electron chi connectivity index (χ0n) is 11.6. The number of rotatable bonds is 4. The summed E-state index contributed by atoms with van der Waals surface area (Å²) < 4.78 is 4.85. The molecule has 114 valence electrons. The van der Waals surface area contributed by atoms with E-state index in [1.165, 1.54) is 12.1 Å². The molecule has 8 nitrogen and oxygen atoms in total. The number of hydrogen-bond acceptors (Lipinski definition) is 6. The molecule has 3 N–H and O–H groups in total. The van der Waals surface area contributed by atoms with Gasteiger partial charge in [0.2, 0.25) is 5.88 Å². The number of hydrogen-bond donors (Lipinski definition) is 3. The average molecular weight is 303 g/mol. The molecule has 2 rings (SSSR count). The maximum atomic E-state index is 11.5. The highest BCUT2D eigenvalue weighted by Crippen LogP contribution is 2.14. The topological polar surface area (TPSA) is 125 Å². The molecule has 0 aliphatic carbocycles. The molecule has 0 saturated carbocycles. The maximum absolute atomic E-state index is 11.5. The van der Waals surface area contributed by atoms with Crippen LogP contribution >= 0.6 is 0 Å². The highest BCUT2D eigenvalue weighted by Gasteiger charge is 2.07. The molecule has 22 heavy (non-hydrogen) atoms. The number of nitrogens with one attached hydrogen (secondary N) is 2. The minimum Gasteiger partial charge on any atom is -0.494 e. The molecule has 0 atom stereocenters. The first kappa shape index (κ1) is 15.2. The van der Waals surface area contributed by atoms with E-state index in [1.807, 2.05) is 9.97 Å². The second-order valence-electron chi connectivity index (χ2n) is 4.20. The van der Waals surface area contributed by atoms with E-state index >= 15 is 0 Å². The number of H-pyrrole nitrogens is 2. The van der Waals surface area contributed by atoms with Crippen molar-refractivity contribution in [3.63, 3.8) is 0 Å². The number of carbonyl (C=O) groups is 1. The second-order valence-corrected chi connectivity index (χ2v) is 4.20. The van der Waals surface area contributed by atoms with Gasteiger partial charge >= 0.3 is 11.7 Å². The molecule has 2 aromatic rings. The van der Waals surface area contributed by atoms with Crippen molar-refractivity contribution in [1.29, 1.82) is 0 Å². The van der Waals surface area contributed by atoms with Crippen molar-refractivity contribution in [1.82, 2.24) is 9.97 Å². The van der Waals surface area contributed by atoms with Crippen molar-refractivity contribution in [2.75, 3.05) is 6.61 Å². The van der Waals surface area contributed by atoms with Crippen molar-refractivity contribution in [2.45, 2.75) is 6.92 Å². The molecule has 1 aromatic heterocycles. The van der Waals surface area contributed by atoms with Crippen LogP contribution < -0.4 is 11.2 Å². The first-order valence-electron chi connectivity index (χ1n) is 6.38. The van der Waals surface area contributed by atoms with Gasteiger partial charge in [-0.1, -0.05) is 0 Å². The summed E-state index contributed by atoms with van der Waals surface area (Å²) in [6, 6.07) is 6.17. The SMILES string of the molecule is CCOC(=O)c1ccc(N=Cc2c(O)[nH]c(=O)[nH]c2=O)cc1. The quantitative estimate of drug-likeness (QED) is 0.566. The van der Waals surface area contributed by atoms with E-state index in [9.17, 15) is 19.5 Å². The first-order valence-corrected chi connectivity index (χ1v) is 6.38. The van der Waals surface area contributed by atoms with Crippen molar-refractivity contribution in [2.24, 2.45) is 4.99 Å². The summed E-state index contributed by atoms with van der Waals surface area (Å²) in [4.78, 5) is 41.9. The van der Waals surface area contributed by atoms with Gasteiger partial charge < -0.3 is 9.84 Å². The average Bonchev–Trinajstić information content (AvgIpc) is 2.47. The third-order valence-electron chi connectivity index (χ3n) is 2.68. The maximum Gasteiger partial charge on any atom is 0.338 e. The number of aliphatic imine (C=N–C) groups is 1. The molecule has 0 fully saturated rings. The fourth-order valence-electron chi connectivity index (χ4n) is 1.64. The number of aromatic hydroxyl groups is 1. The van der Waals surface area contributed by atoms with Gasteiger partial charge in [0.15, 0.2) is 0 Å². The van der Waals surface area contributed by atoms with Crippen LogP contribution in [-0.4, -0.2) is 33.9 Å². The molecule has 0 aliphatic rings. The second kappa shape index (κ2) is 6.53. The van der Waals surface area contributed by atoms with Gasteiger partial charge in [0.05, 0.1) is 17.9 Å². The van der Waals surface area contributed by atoms with Gasteiger partial charge in [-0.2, -0.15) is 0 Å². The zero-order chi connectivity index (χ0) is 16.1. The molecule has 0 amide bonds. The van der Waals surface area contributed by atoms with Crippen molar-refractivity contribution in [3.8, 4) is 5.88 Å². The van der Waals surface area contributed by atoms with Gasteiger partial charge in [-0.25, -0.2) is 9.59 Å². The molecule has 0 aliphatic heterocycles. The number of esters is 1. The summed E-state index contributed by atoms with van der Waals surface area (Å²) >= 11 is 0. The number of aromatic amines is 2. The minimum absolute atomic E-state index is 0.172. The van der Waals surface area contributed by atoms with Crippen LogP contribution in [0.15, 0.2) is 38.8 Å². The standard InChI is InChI=1S/C14H13N3O5/c1-2-22-13(20)8-3-5-9(6-4-8)15-7-10-11(18)16-14(21)17-12(10)19/h3-7H,2H2,1H3,(H3,16,17,18,19,21). The van der Waals surface area contributed by atoms with Gasteiger partial charge in [0.1, 0.15) is 5.56 Å². The predicted molar refractivity (Wildman–Crippen MR) is 79.0 cm³/mol. The van der Waals surface area contributed by atoms with Gasteiger partial charge in [-0.05, 0) is 31.2 Å². The van der Waals surface area contributed by atoms with Crippen molar-refractivity contribution >= 4 is 17.9 Å². The summed E-state index contributed by atoms with van der Waals surface area (Å²) in [6.45, 7) is 2.00. The van der Waals surface area contributed by atoms with Crippen LogP contribution in [0.5, 0.6) is 5.88 Å². The Morgan fingerprint density at radius 3 is 2.55 bits per heavy atom. The third-order valence-corrected chi connectivity index (χ3v) is 2.68. The minimum atomic E-state index is -0.807. The van der Waals surface area contributed by atoms with Crippen LogP contribution in [0.3, 0.4) is 0 Å². The van der Waals surface area contributed by atoms with E-state index in [4.69, 9.17) is 4.74 Å². The van der Waals surface area contributed by atoms with Gasteiger partial charge in [-0.3, -0.25) is 19.8 Å².